The molecule has 0 saturated heterocycles. The zero-order valence-corrected chi connectivity index (χ0v) is 9.42. The highest BCUT2D eigenvalue weighted by Gasteiger charge is 2.17. The van der Waals surface area contributed by atoms with Gasteiger partial charge >= 0.3 is 0 Å². The zero-order chi connectivity index (χ0) is 10.8. The van der Waals surface area contributed by atoms with E-state index in [1.54, 1.807) is 0 Å². The van der Waals surface area contributed by atoms with E-state index < -0.39 is 0 Å². The Labute approximate surface area is 94.0 Å². The van der Waals surface area contributed by atoms with E-state index in [4.69, 9.17) is 11.6 Å². The summed E-state index contributed by atoms with van der Waals surface area (Å²) in [5.41, 5.74) is 3.25. The van der Waals surface area contributed by atoms with Crippen molar-refractivity contribution < 1.29 is 0 Å². The molecule has 1 aliphatic heterocycles. The monoisotopic (exact) mass is 224 g/mol. The highest BCUT2D eigenvalue weighted by molar-refractivity contribution is 6.33. The summed E-state index contributed by atoms with van der Waals surface area (Å²) < 4.78 is 0. The molecule has 0 unspecified atom stereocenters. The lowest BCUT2D eigenvalue weighted by Gasteiger charge is -2.28. The Balaban J connectivity index is 2.45. The van der Waals surface area contributed by atoms with Crippen molar-refractivity contribution in [3.63, 3.8) is 0 Å². The average molecular weight is 225 g/mol. The molecule has 15 heavy (non-hydrogen) atoms. The largest absolute Gasteiger partial charge is 0.373 e. The van der Waals surface area contributed by atoms with E-state index in [-0.39, 0.29) is 6.54 Å². The Morgan fingerprint density at radius 1 is 1.53 bits per heavy atom. The van der Waals surface area contributed by atoms with Crippen LogP contribution in [-0.2, 0) is 13.0 Å². The minimum absolute atomic E-state index is 0.205. The Bertz CT molecular complexity index is 392. The molecule has 0 bridgehead atoms. The lowest BCUT2D eigenvalue weighted by molar-refractivity contribution is 0.743. The fraction of sp³-hybridized carbons (Fsp3) is 0.455. The lowest BCUT2D eigenvalue weighted by Crippen LogP contribution is -2.25. The summed E-state index contributed by atoms with van der Waals surface area (Å²) >= 11 is 6.19. The Morgan fingerprint density at radius 2 is 2.33 bits per heavy atom. The van der Waals surface area contributed by atoms with E-state index in [9.17, 15) is 4.91 Å². The van der Waals surface area contributed by atoms with Gasteiger partial charge in [-0.25, -0.2) is 0 Å². The summed E-state index contributed by atoms with van der Waals surface area (Å²) in [6.45, 7) is 1.24. The molecular formula is C11H13ClN2O. The van der Waals surface area contributed by atoms with Crippen LogP contribution in [0.25, 0.3) is 0 Å². The van der Waals surface area contributed by atoms with Gasteiger partial charge in [-0.05, 0) is 30.0 Å². The third-order valence-electron chi connectivity index (χ3n) is 2.77. The minimum atomic E-state index is 0.205. The van der Waals surface area contributed by atoms with Crippen molar-refractivity contribution in [2.24, 2.45) is 5.18 Å². The maximum absolute atomic E-state index is 10.2. The van der Waals surface area contributed by atoms with Crippen LogP contribution in [0.4, 0.5) is 5.69 Å². The smallest absolute Gasteiger partial charge is 0.106 e. The molecule has 4 heteroatoms. The summed E-state index contributed by atoms with van der Waals surface area (Å²) in [6, 6.07) is 3.88. The summed E-state index contributed by atoms with van der Waals surface area (Å²) in [5.74, 6) is 0. The van der Waals surface area contributed by atoms with Crippen molar-refractivity contribution in [1.82, 2.24) is 0 Å². The number of halogens is 1. The van der Waals surface area contributed by atoms with Crippen LogP contribution in [0.1, 0.15) is 17.5 Å². The highest BCUT2D eigenvalue weighted by atomic mass is 35.5. The van der Waals surface area contributed by atoms with Crippen LogP contribution < -0.4 is 4.90 Å². The SMILES string of the molecule is CN1CCCc2cc(CN=O)cc(Cl)c21. The molecular weight excluding hydrogens is 212 g/mol. The second kappa shape index (κ2) is 4.19. The fourth-order valence-electron chi connectivity index (χ4n) is 2.12. The van der Waals surface area contributed by atoms with Crippen molar-refractivity contribution >= 4 is 17.3 Å². The summed E-state index contributed by atoms with van der Waals surface area (Å²) in [5, 5.41) is 3.62. The van der Waals surface area contributed by atoms with Gasteiger partial charge in [-0.15, -0.1) is 0 Å². The molecule has 0 fully saturated rings. The quantitative estimate of drug-likeness (QED) is 0.724. The Morgan fingerprint density at radius 3 is 3.07 bits per heavy atom. The molecule has 1 aliphatic rings. The van der Waals surface area contributed by atoms with Gasteiger partial charge in [-0.2, -0.15) is 4.91 Å². The Hall–Kier alpha value is -1.09. The van der Waals surface area contributed by atoms with Crippen LogP contribution in [0.2, 0.25) is 5.02 Å². The zero-order valence-electron chi connectivity index (χ0n) is 8.66. The molecule has 1 aromatic rings. The van der Waals surface area contributed by atoms with Crippen LogP contribution in [0.15, 0.2) is 17.3 Å². The van der Waals surface area contributed by atoms with E-state index in [1.165, 1.54) is 5.56 Å². The van der Waals surface area contributed by atoms with Gasteiger partial charge in [0.25, 0.3) is 0 Å². The second-order valence-electron chi connectivity index (χ2n) is 3.90. The number of hydrogen-bond donors (Lipinski definition) is 0. The van der Waals surface area contributed by atoms with Crippen molar-refractivity contribution in [2.75, 3.05) is 18.5 Å². The lowest BCUT2D eigenvalue weighted by atomic mass is 9.99. The van der Waals surface area contributed by atoms with Gasteiger partial charge in [0.05, 0.1) is 10.7 Å². The molecule has 2 rings (SSSR count). The summed E-state index contributed by atoms with van der Waals surface area (Å²) in [4.78, 5) is 12.4. The minimum Gasteiger partial charge on any atom is -0.373 e. The number of hydrogen-bond acceptors (Lipinski definition) is 3. The first kappa shape index (κ1) is 10.4. The first-order valence-corrected chi connectivity index (χ1v) is 5.41. The van der Waals surface area contributed by atoms with Crippen LogP contribution in [0.5, 0.6) is 0 Å². The molecule has 0 radical (unpaired) electrons. The first-order valence-electron chi connectivity index (χ1n) is 5.04. The second-order valence-corrected chi connectivity index (χ2v) is 4.30. The molecule has 3 nitrogen and oxygen atoms in total. The predicted octanol–water partition coefficient (Wildman–Crippen LogP) is 2.99. The molecule has 0 N–H and O–H groups in total. The normalized spacial score (nSPS) is 14.9. The molecule has 0 aromatic heterocycles. The van der Waals surface area contributed by atoms with Crippen molar-refractivity contribution in [3.05, 3.63) is 33.2 Å². The standard InChI is InChI=1S/C11H13ClN2O/c1-14-4-2-3-9-5-8(7-13-15)6-10(12)11(9)14/h5-6H,2-4,7H2,1H3. The molecule has 1 heterocycles. The number of fused-ring (bicyclic) bond motifs is 1. The third-order valence-corrected chi connectivity index (χ3v) is 3.06. The van der Waals surface area contributed by atoms with E-state index in [0.29, 0.717) is 0 Å². The number of nitrogens with zero attached hydrogens (tertiary/aromatic N) is 2. The number of aryl methyl sites for hydroxylation is 1. The number of nitroso groups, excluding NO2 is 1. The molecule has 0 atom stereocenters. The summed E-state index contributed by atoms with van der Waals surface area (Å²) in [7, 11) is 2.04. The van der Waals surface area contributed by atoms with Crippen molar-refractivity contribution in [1.29, 1.82) is 0 Å². The predicted molar refractivity (Wildman–Crippen MR) is 62.5 cm³/mol. The molecule has 0 spiro atoms. The van der Waals surface area contributed by atoms with Crippen molar-refractivity contribution in [3.8, 4) is 0 Å². The Kier molecular flexibility index (Phi) is 2.91. The maximum atomic E-state index is 10.2. The topological polar surface area (TPSA) is 32.7 Å². The molecule has 0 aliphatic carbocycles. The van der Waals surface area contributed by atoms with Crippen LogP contribution in [-0.4, -0.2) is 13.6 Å². The van der Waals surface area contributed by atoms with E-state index in [2.05, 4.69) is 10.1 Å². The number of benzene rings is 1. The maximum Gasteiger partial charge on any atom is 0.106 e. The third kappa shape index (κ3) is 1.97. The average Bonchev–Trinajstić information content (AvgIpc) is 2.17. The first-order chi connectivity index (χ1) is 7.22. The van der Waals surface area contributed by atoms with Gasteiger partial charge in [0.1, 0.15) is 6.54 Å². The summed E-state index contributed by atoms with van der Waals surface area (Å²) in [6.07, 6.45) is 2.17. The van der Waals surface area contributed by atoms with Gasteiger partial charge in [-0.3, -0.25) is 0 Å². The van der Waals surface area contributed by atoms with E-state index >= 15 is 0 Å². The van der Waals surface area contributed by atoms with E-state index in [1.807, 2.05) is 19.2 Å². The van der Waals surface area contributed by atoms with Crippen LogP contribution in [0, 0.1) is 4.91 Å². The molecule has 0 amide bonds. The van der Waals surface area contributed by atoms with Crippen molar-refractivity contribution in [2.45, 2.75) is 19.4 Å². The van der Waals surface area contributed by atoms with Crippen LogP contribution >= 0.6 is 11.6 Å². The molecule has 80 valence electrons. The van der Waals surface area contributed by atoms with Crippen LogP contribution in [0.3, 0.4) is 0 Å². The number of anilines is 1. The fourth-order valence-corrected chi connectivity index (χ4v) is 2.53. The highest BCUT2D eigenvalue weighted by Crippen LogP contribution is 2.34. The van der Waals surface area contributed by atoms with Gasteiger partial charge in [-0.1, -0.05) is 22.8 Å². The van der Waals surface area contributed by atoms with Gasteiger partial charge < -0.3 is 4.90 Å². The number of rotatable bonds is 2. The molecule has 0 saturated carbocycles. The van der Waals surface area contributed by atoms with E-state index in [0.717, 1.165) is 35.7 Å². The van der Waals surface area contributed by atoms with Gasteiger partial charge in [0.2, 0.25) is 0 Å². The van der Waals surface area contributed by atoms with Gasteiger partial charge in [0, 0.05) is 13.6 Å². The van der Waals surface area contributed by atoms with Gasteiger partial charge in [0.15, 0.2) is 0 Å². The molecule has 1 aromatic carbocycles.